The number of nitrogens with zero attached hydrogens (tertiary/aromatic N) is 6. The molecule has 2 aliphatic rings. The molecule has 1 saturated heterocycles. The Morgan fingerprint density at radius 1 is 0.944 bits per heavy atom. The average Bonchev–Trinajstić information content (AvgIpc) is 3.41. The SMILES string of the molecule is Cc1cccc2cc([C@H](c3nnnn3C3CCCCC3)N3CCN(c4ccccc4)CC3)c(=O)[nH]c12. The van der Waals surface area contributed by atoms with Crippen molar-refractivity contribution in [2.24, 2.45) is 0 Å². The van der Waals surface area contributed by atoms with E-state index in [1.807, 2.05) is 23.7 Å². The van der Waals surface area contributed by atoms with Crippen LogP contribution in [0.25, 0.3) is 10.9 Å². The fraction of sp³-hybridized carbons (Fsp3) is 0.429. The number of aryl methyl sites for hydroxylation is 1. The van der Waals surface area contributed by atoms with Crippen molar-refractivity contribution in [1.29, 1.82) is 0 Å². The number of pyridine rings is 1. The van der Waals surface area contributed by atoms with Gasteiger partial charge in [0.2, 0.25) is 0 Å². The summed E-state index contributed by atoms with van der Waals surface area (Å²) in [6, 6.07) is 18.7. The van der Waals surface area contributed by atoms with E-state index in [0.717, 1.165) is 61.3 Å². The van der Waals surface area contributed by atoms with E-state index in [4.69, 9.17) is 0 Å². The number of para-hydroxylation sites is 2. The summed E-state index contributed by atoms with van der Waals surface area (Å²) in [5, 5.41) is 14.2. The van der Waals surface area contributed by atoms with E-state index in [1.54, 1.807) is 0 Å². The summed E-state index contributed by atoms with van der Waals surface area (Å²) >= 11 is 0. The van der Waals surface area contributed by atoms with Crippen LogP contribution in [0.3, 0.4) is 0 Å². The highest BCUT2D eigenvalue weighted by molar-refractivity contribution is 5.82. The zero-order valence-corrected chi connectivity index (χ0v) is 20.8. The third kappa shape index (κ3) is 4.30. The molecule has 1 saturated carbocycles. The highest BCUT2D eigenvalue weighted by Crippen LogP contribution is 2.34. The Morgan fingerprint density at radius 3 is 2.50 bits per heavy atom. The maximum Gasteiger partial charge on any atom is 0.253 e. The molecule has 1 aliphatic heterocycles. The van der Waals surface area contributed by atoms with Gasteiger partial charge in [0.1, 0.15) is 6.04 Å². The monoisotopic (exact) mass is 483 g/mol. The lowest BCUT2D eigenvalue weighted by atomic mass is 9.95. The number of rotatable bonds is 5. The summed E-state index contributed by atoms with van der Waals surface area (Å²) in [5.41, 5.74) is 3.85. The molecular weight excluding hydrogens is 450 g/mol. The van der Waals surface area contributed by atoms with Gasteiger partial charge in [-0.15, -0.1) is 5.10 Å². The van der Waals surface area contributed by atoms with E-state index < -0.39 is 0 Å². The largest absolute Gasteiger partial charge is 0.369 e. The molecule has 8 heteroatoms. The molecule has 2 aromatic carbocycles. The molecule has 6 rings (SSSR count). The number of hydrogen-bond acceptors (Lipinski definition) is 6. The van der Waals surface area contributed by atoms with Gasteiger partial charge in [0, 0.05) is 37.4 Å². The minimum absolute atomic E-state index is 0.0644. The van der Waals surface area contributed by atoms with E-state index in [9.17, 15) is 4.79 Å². The summed E-state index contributed by atoms with van der Waals surface area (Å²) in [5.74, 6) is 0.785. The Kier molecular flexibility index (Phi) is 6.27. The summed E-state index contributed by atoms with van der Waals surface area (Å²) in [7, 11) is 0. The van der Waals surface area contributed by atoms with Crippen LogP contribution in [0.1, 0.15) is 61.1 Å². The molecule has 8 nitrogen and oxygen atoms in total. The minimum atomic E-state index is -0.298. The zero-order valence-electron chi connectivity index (χ0n) is 20.8. The lowest BCUT2D eigenvalue weighted by molar-refractivity contribution is 0.192. The first-order valence-electron chi connectivity index (χ1n) is 13.1. The Morgan fingerprint density at radius 2 is 1.72 bits per heavy atom. The van der Waals surface area contributed by atoms with Crippen molar-refractivity contribution in [3.63, 3.8) is 0 Å². The molecule has 0 amide bonds. The van der Waals surface area contributed by atoms with Gasteiger partial charge < -0.3 is 9.88 Å². The molecule has 186 valence electrons. The van der Waals surface area contributed by atoms with Gasteiger partial charge in [-0.3, -0.25) is 9.69 Å². The van der Waals surface area contributed by atoms with Crippen molar-refractivity contribution >= 4 is 16.6 Å². The number of H-pyrrole nitrogens is 1. The molecule has 1 N–H and O–H groups in total. The maximum absolute atomic E-state index is 13.6. The molecule has 2 aromatic heterocycles. The first-order chi connectivity index (χ1) is 17.7. The van der Waals surface area contributed by atoms with Crippen molar-refractivity contribution in [3.8, 4) is 0 Å². The van der Waals surface area contributed by atoms with Crippen molar-refractivity contribution in [1.82, 2.24) is 30.1 Å². The predicted molar refractivity (Wildman–Crippen MR) is 141 cm³/mol. The number of piperazine rings is 1. The van der Waals surface area contributed by atoms with Gasteiger partial charge in [-0.25, -0.2) is 4.68 Å². The normalized spacial score (nSPS) is 18.5. The fourth-order valence-electron chi connectivity index (χ4n) is 5.95. The van der Waals surface area contributed by atoms with Crippen LogP contribution in [0.2, 0.25) is 0 Å². The Bertz CT molecular complexity index is 1380. The second-order valence-electron chi connectivity index (χ2n) is 10.1. The molecular formula is C28H33N7O. The van der Waals surface area contributed by atoms with Crippen LogP contribution < -0.4 is 10.5 Å². The zero-order chi connectivity index (χ0) is 24.5. The summed E-state index contributed by atoms with van der Waals surface area (Å²) in [6.07, 6.45) is 5.82. The van der Waals surface area contributed by atoms with E-state index >= 15 is 0 Å². The van der Waals surface area contributed by atoms with Crippen molar-refractivity contribution < 1.29 is 0 Å². The number of hydrogen-bond donors (Lipinski definition) is 1. The van der Waals surface area contributed by atoms with Crippen LogP contribution in [0.15, 0.2) is 59.4 Å². The van der Waals surface area contributed by atoms with Gasteiger partial charge in [-0.1, -0.05) is 55.7 Å². The minimum Gasteiger partial charge on any atom is -0.369 e. The Labute approximate surface area is 210 Å². The maximum atomic E-state index is 13.6. The quantitative estimate of drug-likeness (QED) is 0.457. The molecule has 36 heavy (non-hydrogen) atoms. The molecule has 0 bridgehead atoms. The standard InChI is InChI=1S/C28H33N7O/c1-20-9-8-10-21-19-24(28(36)29-25(20)21)26(27-30-31-32-35(27)23-13-6-3-7-14-23)34-17-15-33(16-18-34)22-11-4-2-5-12-22/h2,4-5,8-12,19,23,26H,3,6-7,13-18H2,1H3,(H,29,36)/t26-/m1/s1. The highest BCUT2D eigenvalue weighted by atomic mass is 16.1. The molecule has 2 fully saturated rings. The first-order valence-corrected chi connectivity index (χ1v) is 13.1. The van der Waals surface area contributed by atoms with Crippen molar-refractivity contribution in [2.45, 2.75) is 51.1 Å². The van der Waals surface area contributed by atoms with Crippen molar-refractivity contribution in [2.75, 3.05) is 31.1 Å². The lowest BCUT2D eigenvalue weighted by Gasteiger charge is -2.40. The van der Waals surface area contributed by atoms with Crippen molar-refractivity contribution in [3.05, 3.63) is 81.9 Å². The number of benzene rings is 2. The molecule has 0 spiro atoms. The number of fused-ring (bicyclic) bond motifs is 1. The molecule has 1 aliphatic carbocycles. The highest BCUT2D eigenvalue weighted by Gasteiger charge is 2.34. The third-order valence-electron chi connectivity index (χ3n) is 7.90. The number of anilines is 1. The second kappa shape index (κ2) is 9.85. The van der Waals surface area contributed by atoms with Gasteiger partial charge >= 0.3 is 0 Å². The molecule has 3 heterocycles. The lowest BCUT2D eigenvalue weighted by Crippen LogP contribution is -2.49. The summed E-state index contributed by atoms with van der Waals surface area (Å²) in [4.78, 5) is 21.5. The van der Waals surface area contributed by atoms with Crippen LogP contribution in [0, 0.1) is 6.92 Å². The third-order valence-corrected chi connectivity index (χ3v) is 7.90. The second-order valence-corrected chi connectivity index (χ2v) is 10.1. The predicted octanol–water partition coefficient (Wildman–Crippen LogP) is 4.24. The van der Waals surface area contributed by atoms with Gasteiger partial charge in [-0.2, -0.15) is 0 Å². The van der Waals surface area contributed by atoms with Crippen LogP contribution in [-0.2, 0) is 0 Å². The average molecular weight is 484 g/mol. The van der Waals surface area contributed by atoms with Crippen LogP contribution in [0.5, 0.6) is 0 Å². The molecule has 4 aromatic rings. The van der Waals surface area contributed by atoms with Gasteiger partial charge in [0.15, 0.2) is 5.82 Å². The Hall–Kier alpha value is -3.52. The number of nitrogens with one attached hydrogen (secondary N) is 1. The summed E-state index contributed by atoms with van der Waals surface area (Å²) in [6.45, 7) is 5.44. The summed E-state index contributed by atoms with van der Waals surface area (Å²) < 4.78 is 2.02. The van der Waals surface area contributed by atoms with Gasteiger partial charge in [0.25, 0.3) is 5.56 Å². The van der Waals surface area contributed by atoms with E-state index in [1.165, 1.54) is 24.9 Å². The Balaban J connectivity index is 1.40. The van der Waals surface area contributed by atoms with E-state index in [2.05, 4.69) is 72.8 Å². The van der Waals surface area contributed by atoms with Gasteiger partial charge in [-0.05, 0) is 59.3 Å². The fourth-order valence-corrected chi connectivity index (χ4v) is 5.95. The number of aromatic nitrogens is 5. The molecule has 0 unspecified atom stereocenters. The first kappa shape index (κ1) is 22.9. The number of aromatic amines is 1. The topological polar surface area (TPSA) is 82.9 Å². The van der Waals surface area contributed by atoms with Gasteiger partial charge in [0.05, 0.1) is 11.6 Å². The van der Waals surface area contributed by atoms with E-state index in [-0.39, 0.29) is 11.6 Å². The molecule has 0 radical (unpaired) electrons. The van der Waals surface area contributed by atoms with E-state index in [0.29, 0.717) is 11.6 Å². The number of tetrazole rings is 1. The van der Waals surface area contributed by atoms with Crippen LogP contribution >= 0.6 is 0 Å². The smallest absolute Gasteiger partial charge is 0.253 e. The van der Waals surface area contributed by atoms with Crippen LogP contribution in [-0.4, -0.2) is 56.3 Å². The van der Waals surface area contributed by atoms with Crippen LogP contribution in [0.4, 0.5) is 5.69 Å². The molecule has 1 atom stereocenters.